The highest BCUT2D eigenvalue weighted by Gasteiger charge is 2.06. The summed E-state index contributed by atoms with van der Waals surface area (Å²) in [5, 5.41) is 8.69. The maximum Gasteiger partial charge on any atom is 0.303 e. The first-order valence-corrected chi connectivity index (χ1v) is 7.29. The lowest BCUT2D eigenvalue weighted by Crippen LogP contribution is -1.95. The van der Waals surface area contributed by atoms with E-state index in [9.17, 15) is 4.79 Å². The standard InChI is InChI=1S/C16H18O2S/c1-11(2)12-3-5-13(6-4-12)15-9-7-14(19-15)8-10-16(17)18/h3-7,9,11H,8,10H2,1-2H3,(H,17,18). The number of rotatable bonds is 5. The Morgan fingerprint density at radius 2 is 1.84 bits per heavy atom. The molecule has 2 nitrogen and oxygen atoms in total. The molecule has 2 rings (SSSR count). The Balaban J connectivity index is 2.11. The van der Waals surface area contributed by atoms with Gasteiger partial charge in [0.1, 0.15) is 0 Å². The molecule has 0 unspecified atom stereocenters. The number of aryl methyl sites for hydroxylation is 1. The zero-order valence-electron chi connectivity index (χ0n) is 11.2. The lowest BCUT2D eigenvalue weighted by Gasteiger charge is -2.05. The van der Waals surface area contributed by atoms with Crippen molar-refractivity contribution in [2.75, 3.05) is 0 Å². The third-order valence-electron chi connectivity index (χ3n) is 3.11. The second-order valence-corrected chi connectivity index (χ2v) is 6.10. The fourth-order valence-electron chi connectivity index (χ4n) is 1.93. The zero-order valence-corrected chi connectivity index (χ0v) is 12.0. The van der Waals surface area contributed by atoms with Crippen LogP contribution in [0.3, 0.4) is 0 Å². The zero-order chi connectivity index (χ0) is 13.8. The van der Waals surface area contributed by atoms with Gasteiger partial charge in [0, 0.05) is 9.75 Å². The molecular weight excluding hydrogens is 256 g/mol. The first-order chi connectivity index (χ1) is 9.06. The Morgan fingerprint density at radius 1 is 1.16 bits per heavy atom. The molecule has 1 heterocycles. The van der Waals surface area contributed by atoms with E-state index in [2.05, 4.69) is 44.2 Å². The summed E-state index contributed by atoms with van der Waals surface area (Å²) < 4.78 is 0. The number of carboxylic acid groups (broad SMARTS) is 1. The van der Waals surface area contributed by atoms with E-state index in [0.717, 1.165) is 4.88 Å². The molecule has 0 radical (unpaired) electrons. The molecule has 0 aliphatic carbocycles. The summed E-state index contributed by atoms with van der Waals surface area (Å²) in [4.78, 5) is 12.9. The third kappa shape index (κ3) is 3.67. The van der Waals surface area contributed by atoms with Gasteiger partial charge in [-0.2, -0.15) is 0 Å². The molecule has 3 heteroatoms. The first kappa shape index (κ1) is 13.8. The van der Waals surface area contributed by atoms with Crippen LogP contribution in [0.1, 0.15) is 36.6 Å². The molecule has 0 atom stereocenters. The van der Waals surface area contributed by atoms with E-state index in [-0.39, 0.29) is 6.42 Å². The Bertz CT molecular complexity index is 552. The maximum atomic E-state index is 10.6. The van der Waals surface area contributed by atoms with Gasteiger partial charge >= 0.3 is 5.97 Å². The molecule has 0 aliphatic heterocycles. The average molecular weight is 274 g/mol. The van der Waals surface area contributed by atoms with E-state index in [1.165, 1.54) is 16.0 Å². The highest BCUT2D eigenvalue weighted by atomic mass is 32.1. The Morgan fingerprint density at radius 3 is 2.42 bits per heavy atom. The van der Waals surface area contributed by atoms with Gasteiger partial charge in [-0.25, -0.2) is 0 Å². The average Bonchev–Trinajstić information content (AvgIpc) is 2.85. The van der Waals surface area contributed by atoms with Gasteiger partial charge in [0.25, 0.3) is 0 Å². The summed E-state index contributed by atoms with van der Waals surface area (Å²) >= 11 is 1.68. The summed E-state index contributed by atoms with van der Waals surface area (Å²) in [6, 6.07) is 12.7. The van der Waals surface area contributed by atoms with E-state index in [1.807, 2.05) is 6.07 Å². The lowest BCUT2D eigenvalue weighted by molar-refractivity contribution is -0.136. The van der Waals surface area contributed by atoms with E-state index < -0.39 is 5.97 Å². The summed E-state index contributed by atoms with van der Waals surface area (Å²) in [5.74, 6) is -0.195. The minimum Gasteiger partial charge on any atom is -0.481 e. The van der Waals surface area contributed by atoms with Crippen LogP contribution in [-0.4, -0.2) is 11.1 Å². The van der Waals surface area contributed by atoms with Gasteiger partial charge in [-0.15, -0.1) is 11.3 Å². The van der Waals surface area contributed by atoms with Crippen molar-refractivity contribution in [1.29, 1.82) is 0 Å². The smallest absolute Gasteiger partial charge is 0.303 e. The number of carbonyl (C=O) groups is 1. The number of thiophene rings is 1. The summed E-state index contributed by atoms with van der Waals surface area (Å²) in [5.41, 5.74) is 2.54. The molecule has 0 fully saturated rings. The van der Waals surface area contributed by atoms with Gasteiger partial charge in [-0.1, -0.05) is 38.1 Å². The molecule has 1 aromatic carbocycles. The molecule has 0 saturated carbocycles. The maximum absolute atomic E-state index is 10.6. The summed E-state index contributed by atoms with van der Waals surface area (Å²) in [6.45, 7) is 4.37. The summed E-state index contributed by atoms with van der Waals surface area (Å²) in [7, 11) is 0. The van der Waals surface area contributed by atoms with Crippen LogP contribution in [0.5, 0.6) is 0 Å². The van der Waals surface area contributed by atoms with Gasteiger partial charge in [-0.05, 0) is 35.6 Å². The highest BCUT2D eigenvalue weighted by molar-refractivity contribution is 7.15. The first-order valence-electron chi connectivity index (χ1n) is 6.47. The fraction of sp³-hybridized carbons (Fsp3) is 0.312. The Labute approximate surface area is 117 Å². The van der Waals surface area contributed by atoms with Crippen LogP contribution in [0.4, 0.5) is 0 Å². The largest absolute Gasteiger partial charge is 0.481 e. The summed E-state index contributed by atoms with van der Waals surface area (Å²) in [6.07, 6.45) is 0.816. The van der Waals surface area contributed by atoms with Crippen molar-refractivity contribution in [3.8, 4) is 10.4 Å². The second kappa shape index (κ2) is 6.02. The molecule has 0 aliphatic rings. The quantitative estimate of drug-likeness (QED) is 0.868. The van der Waals surface area contributed by atoms with Gasteiger partial charge in [0.15, 0.2) is 0 Å². The monoisotopic (exact) mass is 274 g/mol. The lowest BCUT2D eigenvalue weighted by atomic mass is 10.0. The van der Waals surface area contributed by atoms with Crippen molar-refractivity contribution >= 4 is 17.3 Å². The Kier molecular flexibility index (Phi) is 4.38. The van der Waals surface area contributed by atoms with Crippen molar-refractivity contribution in [3.05, 3.63) is 46.8 Å². The third-order valence-corrected chi connectivity index (χ3v) is 4.30. The van der Waals surface area contributed by atoms with Crippen LogP contribution in [-0.2, 0) is 11.2 Å². The molecule has 100 valence electrons. The van der Waals surface area contributed by atoms with Gasteiger partial charge in [0.2, 0.25) is 0 Å². The Hall–Kier alpha value is -1.61. The number of carboxylic acids is 1. The molecule has 19 heavy (non-hydrogen) atoms. The minimum absolute atomic E-state index is 0.201. The van der Waals surface area contributed by atoms with Gasteiger partial charge in [-0.3, -0.25) is 4.79 Å². The van der Waals surface area contributed by atoms with Crippen molar-refractivity contribution in [3.63, 3.8) is 0 Å². The number of aliphatic carboxylic acids is 1. The number of benzene rings is 1. The molecule has 1 aromatic heterocycles. The second-order valence-electron chi connectivity index (χ2n) is 4.94. The van der Waals surface area contributed by atoms with E-state index in [4.69, 9.17) is 5.11 Å². The van der Waals surface area contributed by atoms with Crippen LogP contribution in [0.2, 0.25) is 0 Å². The van der Waals surface area contributed by atoms with E-state index in [1.54, 1.807) is 11.3 Å². The molecular formula is C16H18O2S. The van der Waals surface area contributed by atoms with Crippen LogP contribution in [0, 0.1) is 0 Å². The van der Waals surface area contributed by atoms with Crippen molar-refractivity contribution < 1.29 is 9.90 Å². The fourth-order valence-corrected chi connectivity index (χ4v) is 2.94. The van der Waals surface area contributed by atoms with Crippen LogP contribution in [0.25, 0.3) is 10.4 Å². The predicted octanol–water partition coefficient (Wildman–Crippen LogP) is 4.56. The van der Waals surface area contributed by atoms with Crippen LogP contribution < -0.4 is 0 Å². The van der Waals surface area contributed by atoms with E-state index in [0.29, 0.717) is 12.3 Å². The molecule has 1 N–H and O–H groups in total. The molecule has 2 aromatic rings. The topological polar surface area (TPSA) is 37.3 Å². The van der Waals surface area contributed by atoms with Crippen molar-refractivity contribution in [1.82, 2.24) is 0 Å². The van der Waals surface area contributed by atoms with Crippen molar-refractivity contribution in [2.45, 2.75) is 32.6 Å². The number of hydrogen-bond acceptors (Lipinski definition) is 2. The predicted molar refractivity (Wildman–Crippen MR) is 79.8 cm³/mol. The molecule has 0 bridgehead atoms. The highest BCUT2D eigenvalue weighted by Crippen LogP contribution is 2.29. The van der Waals surface area contributed by atoms with Crippen molar-refractivity contribution in [2.24, 2.45) is 0 Å². The molecule has 0 spiro atoms. The van der Waals surface area contributed by atoms with Crippen LogP contribution in [0.15, 0.2) is 36.4 Å². The van der Waals surface area contributed by atoms with Gasteiger partial charge in [0.05, 0.1) is 6.42 Å². The number of hydrogen-bond donors (Lipinski definition) is 1. The SMILES string of the molecule is CC(C)c1ccc(-c2ccc(CCC(=O)O)s2)cc1. The van der Waals surface area contributed by atoms with Gasteiger partial charge < -0.3 is 5.11 Å². The molecule has 0 saturated heterocycles. The molecule has 0 amide bonds. The van der Waals surface area contributed by atoms with E-state index >= 15 is 0 Å². The normalized spacial score (nSPS) is 10.9. The van der Waals surface area contributed by atoms with Crippen LogP contribution >= 0.6 is 11.3 Å². The minimum atomic E-state index is -0.740.